The van der Waals surface area contributed by atoms with E-state index in [1.807, 2.05) is 24.3 Å². The highest BCUT2D eigenvalue weighted by atomic mass is 32.2. The number of fused-ring (bicyclic) bond motifs is 1. The average Bonchev–Trinajstić information content (AvgIpc) is 3.17. The van der Waals surface area contributed by atoms with E-state index in [0.717, 1.165) is 10.1 Å². The smallest absolute Gasteiger partial charge is 0.274 e. The van der Waals surface area contributed by atoms with E-state index in [1.165, 1.54) is 35.1 Å². The van der Waals surface area contributed by atoms with E-state index in [0.29, 0.717) is 24.5 Å². The number of amides is 1. The molecule has 0 saturated carbocycles. The summed E-state index contributed by atoms with van der Waals surface area (Å²) < 4.78 is 37.4. The van der Waals surface area contributed by atoms with Gasteiger partial charge in [-0.3, -0.25) is 4.79 Å². The summed E-state index contributed by atoms with van der Waals surface area (Å²) in [6.45, 7) is 1.17. The van der Waals surface area contributed by atoms with Gasteiger partial charge in [0.25, 0.3) is 5.91 Å². The molecule has 4 rings (SSSR count). The van der Waals surface area contributed by atoms with Gasteiger partial charge < -0.3 is 9.64 Å². The Kier molecular flexibility index (Phi) is 5.05. The average molecular weight is 418 g/mol. The van der Waals surface area contributed by atoms with Gasteiger partial charge in [0.05, 0.1) is 16.7 Å². The third-order valence-corrected chi connectivity index (χ3v) is 7.54. The number of methoxy groups -OCH3 is 1. The van der Waals surface area contributed by atoms with Gasteiger partial charge in [-0.05, 0) is 41.9 Å². The molecule has 0 bridgehead atoms. The normalized spacial score (nSPS) is 15.7. The highest BCUT2D eigenvalue weighted by Crippen LogP contribution is 2.25. The van der Waals surface area contributed by atoms with Gasteiger partial charge in [-0.2, -0.15) is 8.68 Å². The highest BCUT2D eigenvalue weighted by molar-refractivity contribution is 7.89. The molecule has 3 aromatic rings. The van der Waals surface area contributed by atoms with Crippen LogP contribution in [0.1, 0.15) is 10.5 Å². The lowest BCUT2D eigenvalue weighted by atomic mass is 10.2. The quantitative estimate of drug-likeness (QED) is 0.652. The van der Waals surface area contributed by atoms with Crippen LogP contribution in [0.15, 0.2) is 53.4 Å². The Morgan fingerprint density at radius 1 is 1.04 bits per heavy atom. The van der Waals surface area contributed by atoms with E-state index in [9.17, 15) is 13.2 Å². The molecule has 0 radical (unpaired) electrons. The van der Waals surface area contributed by atoms with Gasteiger partial charge in [0.1, 0.15) is 11.4 Å². The molecule has 7 nitrogen and oxygen atoms in total. The molecule has 2 heterocycles. The Balaban J connectivity index is 1.47. The van der Waals surface area contributed by atoms with E-state index in [4.69, 9.17) is 4.74 Å². The summed E-state index contributed by atoms with van der Waals surface area (Å²) in [4.78, 5) is 14.7. The Morgan fingerprint density at radius 3 is 2.39 bits per heavy atom. The van der Waals surface area contributed by atoms with E-state index in [2.05, 4.69) is 4.37 Å². The number of ether oxygens (including phenoxy) is 1. The molecule has 0 unspecified atom stereocenters. The van der Waals surface area contributed by atoms with Crippen LogP contribution in [0.5, 0.6) is 5.75 Å². The Morgan fingerprint density at radius 2 is 1.71 bits per heavy atom. The number of hydrogen-bond donors (Lipinski definition) is 0. The first-order valence-electron chi connectivity index (χ1n) is 8.78. The molecule has 0 atom stereocenters. The Hall–Kier alpha value is -2.49. The zero-order valence-corrected chi connectivity index (χ0v) is 16.9. The molecule has 28 heavy (non-hydrogen) atoms. The van der Waals surface area contributed by atoms with Gasteiger partial charge in [-0.25, -0.2) is 8.42 Å². The number of carbonyl (C=O) groups excluding carboxylic acids is 1. The van der Waals surface area contributed by atoms with Crippen LogP contribution in [0, 0.1) is 0 Å². The van der Waals surface area contributed by atoms with Crippen molar-refractivity contribution in [1.29, 1.82) is 0 Å². The molecule has 1 aliphatic rings. The summed E-state index contributed by atoms with van der Waals surface area (Å²) in [6.07, 6.45) is 0. The molecular weight excluding hydrogens is 398 g/mol. The minimum absolute atomic E-state index is 0.154. The number of benzene rings is 2. The van der Waals surface area contributed by atoms with Gasteiger partial charge in [0, 0.05) is 31.6 Å². The number of carbonyl (C=O) groups is 1. The number of hydrogen-bond acceptors (Lipinski definition) is 6. The van der Waals surface area contributed by atoms with Crippen molar-refractivity contribution in [1.82, 2.24) is 13.6 Å². The van der Waals surface area contributed by atoms with E-state index in [-0.39, 0.29) is 23.9 Å². The molecule has 1 saturated heterocycles. The standard InChI is InChI=1S/C19H19N3O4S2/c1-26-14-6-8-15(9-7-14)28(24,25)22-12-10-21(11-13-22)19(23)18-16-4-2-3-5-17(16)27-20-18/h2-9H,10-13H2,1H3. The first kappa shape index (κ1) is 18.9. The fraction of sp³-hybridized carbons (Fsp3) is 0.263. The molecule has 1 aliphatic heterocycles. The fourth-order valence-electron chi connectivity index (χ4n) is 3.22. The number of piperazine rings is 1. The molecule has 9 heteroatoms. The highest BCUT2D eigenvalue weighted by Gasteiger charge is 2.31. The van der Waals surface area contributed by atoms with Crippen molar-refractivity contribution in [2.24, 2.45) is 0 Å². The Labute approximate surface area is 167 Å². The van der Waals surface area contributed by atoms with Gasteiger partial charge in [0.15, 0.2) is 0 Å². The van der Waals surface area contributed by atoms with Gasteiger partial charge in [-0.1, -0.05) is 18.2 Å². The van der Waals surface area contributed by atoms with E-state index >= 15 is 0 Å². The zero-order valence-electron chi connectivity index (χ0n) is 15.2. The number of sulfonamides is 1. The first-order chi connectivity index (χ1) is 13.5. The lowest BCUT2D eigenvalue weighted by Crippen LogP contribution is -2.50. The monoisotopic (exact) mass is 417 g/mol. The maximum atomic E-state index is 12.9. The van der Waals surface area contributed by atoms with Crippen molar-refractivity contribution in [2.75, 3.05) is 33.3 Å². The van der Waals surface area contributed by atoms with Crippen LogP contribution in [0.25, 0.3) is 10.1 Å². The predicted molar refractivity (Wildman–Crippen MR) is 107 cm³/mol. The molecule has 0 N–H and O–H groups in total. The third-order valence-electron chi connectivity index (χ3n) is 4.80. The zero-order chi connectivity index (χ0) is 19.7. The Bertz CT molecular complexity index is 1100. The second kappa shape index (κ2) is 7.50. The molecule has 1 amide bonds. The SMILES string of the molecule is COc1ccc(S(=O)(=O)N2CCN(C(=O)c3nsc4ccccc34)CC2)cc1. The summed E-state index contributed by atoms with van der Waals surface area (Å²) in [6, 6.07) is 13.9. The van der Waals surface area contributed by atoms with Crippen LogP contribution in [-0.4, -0.2) is 61.2 Å². The summed E-state index contributed by atoms with van der Waals surface area (Å²) in [5.74, 6) is 0.448. The van der Waals surface area contributed by atoms with Crippen molar-refractivity contribution < 1.29 is 17.9 Å². The van der Waals surface area contributed by atoms with Gasteiger partial charge >= 0.3 is 0 Å². The summed E-state index contributed by atoms with van der Waals surface area (Å²) in [5, 5.41) is 0.839. The largest absolute Gasteiger partial charge is 0.497 e. The molecule has 0 spiro atoms. The van der Waals surface area contributed by atoms with Crippen LogP contribution < -0.4 is 4.74 Å². The van der Waals surface area contributed by atoms with Gasteiger partial charge in [-0.15, -0.1) is 0 Å². The van der Waals surface area contributed by atoms with Crippen molar-refractivity contribution >= 4 is 37.5 Å². The minimum Gasteiger partial charge on any atom is -0.497 e. The summed E-state index contributed by atoms with van der Waals surface area (Å²) in [7, 11) is -2.07. The molecule has 1 fully saturated rings. The fourth-order valence-corrected chi connectivity index (χ4v) is 5.41. The summed E-state index contributed by atoms with van der Waals surface area (Å²) >= 11 is 1.30. The van der Waals surface area contributed by atoms with Crippen LogP contribution in [0.4, 0.5) is 0 Å². The maximum Gasteiger partial charge on any atom is 0.274 e. The topological polar surface area (TPSA) is 79.8 Å². The second-order valence-electron chi connectivity index (χ2n) is 6.40. The van der Waals surface area contributed by atoms with Gasteiger partial charge in [0.2, 0.25) is 10.0 Å². The van der Waals surface area contributed by atoms with Crippen LogP contribution >= 0.6 is 11.5 Å². The lowest BCUT2D eigenvalue weighted by molar-refractivity contribution is 0.0695. The summed E-state index contributed by atoms with van der Waals surface area (Å²) in [5.41, 5.74) is 0.437. The van der Waals surface area contributed by atoms with Crippen molar-refractivity contribution in [3.8, 4) is 5.75 Å². The van der Waals surface area contributed by atoms with Crippen LogP contribution in [-0.2, 0) is 10.0 Å². The van der Waals surface area contributed by atoms with E-state index < -0.39 is 10.0 Å². The van der Waals surface area contributed by atoms with Crippen LogP contribution in [0.2, 0.25) is 0 Å². The lowest BCUT2D eigenvalue weighted by Gasteiger charge is -2.33. The van der Waals surface area contributed by atoms with Crippen molar-refractivity contribution in [3.05, 3.63) is 54.2 Å². The molecule has 2 aromatic carbocycles. The van der Waals surface area contributed by atoms with E-state index in [1.54, 1.807) is 17.0 Å². The number of rotatable bonds is 4. The molecule has 0 aliphatic carbocycles. The molecular formula is C19H19N3O4S2. The second-order valence-corrected chi connectivity index (χ2v) is 9.14. The van der Waals surface area contributed by atoms with Crippen LogP contribution in [0.3, 0.4) is 0 Å². The molecule has 146 valence electrons. The van der Waals surface area contributed by atoms with Crippen molar-refractivity contribution in [2.45, 2.75) is 4.90 Å². The first-order valence-corrected chi connectivity index (χ1v) is 11.0. The molecule has 1 aromatic heterocycles. The minimum atomic E-state index is -3.60. The third kappa shape index (κ3) is 3.36. The predicted octanol–water partition coefficient (Wildman–Crippen LogP) is 2.45. The number of nitrogens with zero attached hydrogens (tertiary/aromatic N) is 3. The number of aromatic nitrogens is 1. The van der Waals surface area contributed by atoms with Crippen molar-refractivity contribution in [3.63, 3.8) is 0 Å². The maximum absolute atomic E-state index is 12.9.